The number of rotatable bonds is 6. The van der Waals surface area contributed by atoms with Gasteiger partial charge in [0.1, 0.15) is 9.84 Å². The molecule has 1 aliphatic heterocycles. The van der Waals surface area contributed by atoms with Crippen LogP contribution in [-0.2, 0) is 19.9 Å². The summed E-state index contributed by atoms with van der Waals surface area (Å²) in [7, 11) is -3.11. The molecule has 1 saturated heterocycles. The van der Waals surface area contributed by atoms with Crippen molar-refractivity contribution in [3.05, 3.63) is 0 Å². The number of aliphatic hydroxyl groups is 1. The second-order valence-electron chi connectivity index (χ2n) is 5.95. The highest BCUT2D eigenvalue weighted by molar-refractivity contribution is 7.92. The molecule has 0 aliphatic carbocycles. The van der Waals surface area contributed by atoms with Crippen molar-refractivity contribution in [2.45, 2.75) is 30.6 Å². The predicted molar refractivity (Wildman–Crippen MR) is 77.8 cm³/mol. The van der Waals surface area contributed by atoms with Gasteiger partial charge in [-0.25, -0.2) is 21.6 Å². The molecule has 0 bridgehead atoms. The van der Waals surface area contributed by atoms with Gasteiger partial charge in [0, 0.05) is 13.1 Å². The van der Waals surface area contributed by atoms with E-state index in [0.717, 1.165) is 0 Å². The van der Waals surface area contributed by atoms with Gasteiger partial charge in [-0.2, -0.15) is 0 Å². The van der Waals surface area contributed by atoms with E-state index >= 15 is 0 Å². The minimum absolute atomic E-state index is 0.0865. The van der Waals surface area contributed by atoms with Crippen molar-refractivity contribution >= 4 is 19.9 Å². The minimum Gasteiger partial charge on any atom is -0.387 e. The molecule has 7 nitrogen and oxygen atoms in total. The van der Waals surface area contributed by atoms with Crippen LogP contribution < -0.4 is 4.72 Å². The third kappa shape index (κ3) is 5.65. The molecule has 1 aliphatic rings. The van der Waals surface area contributed by atoms with Crippen LogP contribution >= 0.6 is 0 Å². The van der Waals surface area contributed by atoms with E-state index in [0.29, 0.717) is 6.54 Å². The van der Waals surface area contributed by atoms with Crippen molar-refractivity contribution in [3.8, 4) is 0 Å². The first-order chi connectivity index (χ1) is 8.94. The zero-order chi connectivity index (χ0) is 15.6. The average Bonchev–Trinajstić information content (AvgIpc) is 2.24. The van der Waals surface area contributed by atoms with Crippen molar-refractivity contribution < 1.29 is 21.9 Å². The van der Waals surface area contributed by atoms with Gasteiger partial charge in [0.05, 0.1) is 22.4 Å². The van der Waals surface area contributed by atoms with E-state index in [1.165, 1.54) is 0 Å². The highest BCUT2D eigenvalue weighted by atomic mass is 32.2. The van der Waals surface area contributed by atoms with E-state index in [-0.39, 0.29) is 30.9 Å². The van der Waals surface area contributed by atoms with Crippen LogP contribution in [-0.4, -0.2) is 76.4 Å². The van der Waals surface area contributed by atoms with Crippen molar-refractivity contribution in [1.29, 1.82) is 0 Å². The molecule has 120 valence electrons. The SMILES string of the molecule is CN(C)CC(C)(O)CNS(=O)(=O)C1CCS(=O)(=O)CC1. The summed E-state index contributed by atoms with van der Waals surface area (Å²) >= 11 is 0. The summed E-state index contributed by atoms with van der Waals surface area (Å²) < 4.78 is 49.2. The Bertz CT molecular complexity index is 511. The van der Waals surface area contributed by atoms with E-state index in [9.17, 15) is 21.9 Å². The first-order valence-corrected chi connectivity index (χ1v) is 9.86. The molecule has 0 aromatic carbocycles. The highest BCUT2D eigenvalue weighted by Gasteiger charge is 2.34. The molecule has 0 aromatic rings. The Morgan fingerprint density at radius 1 is 1.30 bits per heavy atom. The number of sulfonamides is 1. The lowest BCUT2D eigenvalue weighted by molar-refractivity contribution is 0.0385. The van der Waals surface area contributed by atoms with Gasteiger partial charge >= 0.3 is 0 Å². The summed E-state index contributed by atoms with van der Waals surface area (Å²) in [6, 6.07) is 0. The fourth-order valence-corrected chi connectivity index (χ4v) is 5.68. The first kappa shape index (κ1) is 17.8. The van der Waals surface area contributed by atoms with E-state index < -0.39 is 30.7 Å². The van der Waals surface area contributed by atoms with Crippen molar-refractivity contribution in [1.82, 2.24) is 9.62 Å². The van der Waals surface area contributed by atoms with E-state index in [4.69, 9.17) is 0 Å². The lowest BCUT2D eigenvalue weighted by Gasteiger charge is -2.29. The average molecular weight is 328 g/mol. The summed E-state index contributed by atoms with van der Waals surface area (Å²) in [5.74, 6) is -0.181. The second-order valence-corrected chi connectivity index (χ2v) is 10.3. The molecular formula is C11H24N2O5S2. The fraction of sp³-hybridized carbons (Fsp3) is 1.00. The maximum Gasteiger partial charge on any atom is 0.214 e. The molecule has 20 heavy (non-hydrogen) atoms. The number of sulfone groups is 1. The molecule has 1 heterocycles. The van der Waals surface area contributed by atoms with E-state index in [1.54, 1.807) is 25.9 Å². The number of nitrogens with one attached hydrogen (secondary N) is 1. The van der Waals surface area contributed by atoms with Crippen LogP contribution in [0.4, 0.5) is 0 Å². The van der Waals surface area contributed by atoms with Gasteiger partial charge in [-0.05, 0) is 33.9 Å². The van der Waals surface area contributed by atoms with Gasteiger partial charge in [-0.15, -0.1) is 0 Å². The Morgan fingerprint density at radius 2 is 1.80 bits per heavy atom. The highest BCUT2D eigenvalue weighted by Crippen LogP contribution is 2.19. The Kier molecular flexibility index (Phi) is 5.59. The van der Waals surface area contributed by atoms with Crippen LogP contribution in [0.5, 0.6) is 0 Å². The van der Waals surface area contributed by atoms with Gasteiger partial charge in [-0.1, -0.05) is 0 Å². The third-order valence-corrected chi connectivity index (χ3v) is 6.86. The standard InChI is InChI=1S/C11H24N2O5S2/c1-11(14,9-13(2)3)8-12-20(17,18)10-4-6-19(15,16)7-5-10/h10,12,14H,4-9H2,1-3H3. The topological polar surface area (TPSA) is 104 Å². The molecular weight excluding hydrogens is 304 g/mol. The zero-order valence-corrected chi connectivity index (χ0v) is 13.8. The summed E-state index contributed by atoms with van der Waals surface area (Å²) in [5.41, 5.74) is -1.17. The van der Waals surface area contributed by atoms with Gasteiger partial charge in [0.2, 0.25) is 10.0 Å². The van der Waals surface area contributed by atoms with Crippen LogP contribution in [0.2, 0.25) is 0 Å². The molecule has 1 atom stereocenters. The summed E-state index contributed by atoms with van der Waals surface area (Å²) in [5, 5.41) is 9.37. The van der Waals surface area contributed by atoms with Gasteiger partial charge in [-0.3, -0.25) is 0 Å². The van der Waals surface area contributed by atoms with Crippen LogP contribution in [0.1, 0.15) is 19.8 Å². The lowest BCUT2D eigenvalue weighted by atomic mass is 10.1. The molecule has 1 unspecified atom stereocenters. The molecule has 1 rings (SSSR count). The monoisotopic (exact) mass is 328 g/mol. The smallest absolute Gasteiger partial charge is 0.214 e. The van der Waals surface area contributed by atoms with Crippen molar-refractivity contribution in [3.63, 3.8) is 0 Å². The fourth-order valence-electron chi connectivity index (χ4n) is 2.29. The Labute approximate surface area is 121 Å². The molecule has 1 fully saturated rings. The summed E-state index contributed by atoms with van der Waals surface area (Å²) in [6.45, 7) is 1.80. The van der Waals surface area contributed by atoms with Gasteiger partial charge in [0.25, 0.3) is 0 Å². The van der Waals surface area contributed by atoms with Crippen LogP contribution in [0, 0.1) is 0 Å². The van der Waals surface area contributed by atoms with Crippen LogP contribution in [0.15, 0.2) is 0 Å². The maximum absolute atomic E-state index is 12.1. The van der Waals surface area contributed by atoms with Gasteiger partial charge < -0.3 is 10.0 Å². The van der Waals surface area contributed by atoms with Gasteiger partial charge in [0.15, 0.2) is 0 Å². The second kappa shape index (κ2) is 6.27. The minimum atomic E-state index is -3.60. The first-order valence-electron chi connectivity index (χ1n) is 6.50. The largest absolute Gasteiger partial charge is 0.387 e. The number of hydrogen-bond donors (Lipinski definition) is 2. The normalized spacial score (nSPS) is 23.6. The van der Waals surface area contributed by atoms with E-state index in [1.807, 2.05) is 0 Å². The van der Waals surface area contributed by atoms with Crippen molar-refractivity contribution in [2.75, 3.05) is 38.7 Å². The Morgan fingerprint density at radius 3 is 2.25 bits per heavy atom. The maximum atomic E-state index is 12.1. The summed E-state index contributed by atoms with van der Waals surface area (Å²) in [6.07, 6.45) is 0.237. The molecule has 0 spiro atoms. The van der Waals surface area contributed by atoms with Crippen molar-refractivity contribution in [2.24, 2.45) is 0 Å². The molecule has 2 N–H and O–H groups in total. The van der Waals surface area contributed by atoms with Crippen LogP contribution in [0.3, 0.4) is 0 Å². The Balaban J connectivity index is 2.59. The number of hydrogen-bond acceptors (Lipinski definition) is 6. The van der Waals surface area contributed by atoms with E-state index in [2.05, 4.69) is 4.72 Å². The summed E-state index contributed by atoms with van der Waals surface area (Å²) in [4.78, 5) is 1.77. The van der Waals surface area contributed by atoms with Crippen LogP contribution in [0.25, 0.3) is 0 Å². The molecule has 0 amide bonds. The molecule has 0 aromatic heterocycles. The zero-order valence-electron chi connectivity index (χ0n) is 12.2. The number of likely N-dealkylation sites (N-methyl/N-ethyl adjacent to an activating group) is 1. The third-order valence-electron chi connectivity index (χ3n) is 3.25. The number of nitrogens with zero attached hydrogens (tertiary/aromatic N) is 1. The molecule has 9 heteroatoms. The predicted octanol–water partition coefficient (Wildman–Crippen LogP) is -1.20. The molecule has 0 radical (unpaired) electrons. The quantitative estimate of drug-likeness (QED) is 0.634. The molecule has 0 saturated carbocycles. The Hall–Kier alpha value is -0.220. The lowest BCUT2D eigenvalue weighted by Crippen LogP contribution is -2.49.